The number of nitrogens with zero attached hydrogens (tertiary/aromatic N) is 4. The van der Waals surface area contributed by atoms with Crippen LogP contribution in [0.2, 0.25) is 5.02 Å². The molecule has 1 saturated heterocycles. The molecule has 0 N–H and O–H groups in total. The number of likely N-dealkylation sites (tertiary alicyclic amines) is 1. The number of hydrogen-bond acceptors (Lipinski definition) is 5. The lowest BCUT2D eigenvalue weighted by Crippen LogP contribution is -2.43. The number of aryl methyl sites for hydroxylation is 1. The topological polar surface area (TPSA) is 73.4 Å². The fourth-order valence-electron chi connectivity index (χ4n) is 3.73. The number of rotatable bonds is 6. The second kappa shape index (κ2) is 7.94. The van der Waals surface area contributed by atoms with Crippen molar-refractivity contribution in [1.29, 1.82) is 5.26 Å². The van der Waals surface area contributed by atoms with Gasteiger partial charge in [-0.3, -0.25) is 9.69 Å². The Labute approximate surface area is 169 Å². The van der Waals surface area contributed by atoms with Crippen molar-refractivity contribution < 1.29 is 9.21 Å². The molecule has 1 saturated carbocycles. The number of carbonyl (C=O) groups is 1. The lowest BCUT2D eigenvalue weighted by atomic mass is 10.2. The molecule has 2 aromatic rings. The van der Waals surface area contributed by atoms with E-state index in [1.165, 1.54) is 0 Å². The first-order valence-electron chi connectivity index (χ1n) is 9.70. The van der Waals surface area contributed by atoms with Crippen LogP contribution in [0, 0.1) is 18.3 Å². The van der Waals surface area contributed by atoms with Gasteiger partial charge in [0.2, 0.25) is 11.8 Å². The van der Waals surface area contributed by atoms with E-state index in [0.717, 1.165) is 42.7 Å². The Bertz CT molecular complexity index is 915. The standard InChI is InChI=1S/C21H23ClN4O2/c1-14-19(24-21(28-14)15-4-2-5-16(22)10-15)12-25(17-7-8-17)13-20(27)26-9-3-6-18(26)11-23/h2,4-5,10,17-18H,3,6-9,12-13H2,1H3/t18-/m0/s1. The van der Waals surface area contributed by atoms with E-state index in [9.17, 15) is 10.1 Å². The average Bonchev–Trinajstić information content (AvgIpc) is 3.30. The van der Waals surface area contributed by atoms with Gasteiger partial charge in [0, 0.05) is 29.7 Å². The Balaban J connectivity index is 1.48. The van der Waals surface area contributed by atoms with Crippen LogP contribution >= 0.6 is 11.6 Å². The highest BCUT2D eigenvalue weighted by Crippen LogP contribution is 2.31. The van der Waals surface area contributed by atoms with Crippen LogP contribution in [-0.2, 0) is 11.3 Å². The van der Waals surface area contributed by atoms with Crippen LogP contribution in [0.15, 0.2) is 28.7 Å². The Kier molecular flexibility index (Phi) is 5.38. The molecule has 2 heterocycles. The molecular weight excluding hydrogens is 376 g/mol. The van der Waals surface area contributed by atoms with Crippen molar-refractivity contribution in [3.8, 4) is 17.5 Å². The van der Waals surface area contributed by atoms with E-state index >= 15 is 0 Å². The predicted octanol–water partition coefficient (Wildman–Crippen LogP) is 3.78. The smallest absolute Gasteiger partial charge is 0.237 e. The van der Waals surface area contributed by atoms with Gasteiger partial charge in [-0.1, -0.05) is 17.7 Å². The van der Waals surface area contributed by atoms with Crippen molar-refractivity contribution in [1.82, 2.24) is 14.8 Å². The fraction of sp³-hybridized carbons (Fsp3) is 0.476. The molecule has 1 amide bonds. The van der Waals surface area contributed by atoms with Gasteiger partial charge < -0.3 is 9.32 Å². The summed E-state index contributed by atoms with van der Waals surface area (Å²) in [6, 6.07) is 9.79. The van der Waals surface area contributed by atoms with Crippen LogP contribution in [0.1, 0.15) is 37.1 Å². The third-order valence-corrected chi connectivity index (χ3v) is 5.68. The molecule has 1 atom stereocenters. The van der Waals surface area contributed by atoms with Gasteiger partial charge >= 0.3 is 0 Å². The number of carbonyl (C=O) groups excluding carboxylic acids is 1. The predicted molar refractivity (Wildman–Crippen MR) is 105 cm³/mol. The van der Waals surface area contributed by atoms with Crippen molar-refractivity contribution in [2.24, 2.45) is 0 Å². The molecule has 7 heteroatoms. The summed E-state index contributed by atoms with van der Waals surface area (Å²) in [6.07, 6.45) is 3.86. The quantitative estimate of drug-likeness (QED) is 0.740. The zero-order chi connectivity index (χ0) is 19.7. The number of benzene rings is 1. The average molecular weight is 399 g/mol. The summed E-state index contributed by atoms with van der Waals surface area (Å²) >= 11 is 6.08. The number of hydrogen-bond donors (Lipinski definition) is 0. The minimum atomic E-state index is -0.281. The molecular formula is C21H23ClN4O2. The molecule has 2 fully saturated rings. The van der Waals surface area contributed by atoms with Crippen molar-refractivity contribution in [2.45, 2.75) is 51.2 Å². The number of amides is 1. The number of halogens is 1. The number of nitriles is 1. The van der Waals surface area contributed by atoms with Gasteiger partial charge in [0.1, 0.15) is 11.8 Å². The maximum Gasteiger partial charge on any atom is 0.237 e. The second-order valence-corrected chi connectivity index (χ2v) is 7.98. The van der Waals surface area contributed by atoms with Crippen molar-refractivity contribution in [3.63, 3.8) is 0 Å². The molecule has 4 rings (SSSR count). The Hall–Kier alpha value is -2.36. The van der Waals surface area contributed by atoms with Crippen molar-refractivity contribution in [2.75, 3.05) is 13.1 Å². The SMILES string of the molecule is Cc1oc(-c2cccc(Cl)c2)nc1CN(CC(=O)N1CCC[C@H]1C#N)C1CC1. The van der Waals surface area contributed by atoms with E-state index in [1.807, 2.05) is 31.2 Å². The van der Waals surface area contributed by atoms with Gasteiger partial charge in [-0.25, -0.2) is 4.98 Å². The highest BCUT2D eigenvalue weighted by Gasteiger charge is 2.35. The van der Waals surface area contributed by atoms with Gasteiger partial charge in [0.25, 0.3) is 0 Å². The summed E-state index contributed by atoms with van der Waals surface area (Å²) in [6.45, 7) is 3.46. The normalized spacial score (nSPS) is 19.2. The first-order chi connectivity index (χ1) is 13.5. The highest BCUT2D eigenvalue weighted by atomic mass is 35.5. The van der Waals surface area contributed by atoms with E-state index in [-0.39, 0.29) is 11.9 Å². The van der Waals surface area contributed by atoms with Crippen LogP contribution in [0.4, 0.5) is 0 Å². The number of oxazole rings is 1. The van der Waals surface area contributed by atoms with Crippen LogP contribution in [-0.4, -0.2) is 45.9 Å². The van der Waals surface area contributed by atoms with Crippen LogP contribution in [0.3, 0.4) is 0 Å². The molecule has 1 aromatic carbocycles. The van der Waals surface area contributed by atoms with Gasteiger partial charge in [-0.2, -0.15) is 5.26 Å². The molecule has 2 aliphatic rings. The summed E-state index contributed by atoms with van der Waals surface area (Å²) in [5.41, 5.74) is 1.68. The zero-order valence-electron chi connectivity index (χ0n) is 15.9. The highest BCUT2D eigenvalue weighted by molar-refractivity contribution is 6.30. The Morgan fingerprint density at radius 3 is 2.96 bits per heavy atom. The molecule has 0 spiro atoms. The fourth-order valence-corrected chi connectivity index (χ4v) is 3.92. The minimum Gasteiger partial charge on any atom is -0.441 e. The Morgan fingerprint density at radius 1 is 1.43 bits per heavy atom. The van der Waals surface area contributed by atoms with E-state index in [0.29, 0.717) is 36.6 Å². The molecule has 0 bridgehead atoms. The molecule has 1 aliphatic heterocycles. The molecule has 6 nitrogen and oxygen atoms in total. The van der Waals surface area contributed by atoms with E-state index in [4.69, 9.17) is 16.0 Å². The summed E-state index contributed by atoms with van der Waals surface area (Å²) in [5.74, 6) is 1.33. The molecule has 0 unspecified atom stereocenters. The zero-order valence-corrected chi connectivity index (χ0v) is 16.7. The summed E-state index contributed by atoms with van der Waals surface area (Å²) in [5, 5.41) is 9.89. The molecule has 1 aliphatic carbocycles. The van der Waals surface area contributed by atoms with Crippen molar-refractivity contribution in [3.05, 3.63) is 40.7 Å². The lowest BCUT2D eigenvalue weighted by Gasteiger charge is -2.25. The minimum absolute atomic E-state index is 0.0344. The third kappa shape index (κ3) is 4.06. The number of aromatic nitrogens is 1. The first kappa shape index (κ1) is 19.0. The third-order valence-electron chi connectivity index (χ3n) is 5.44. The monoisotopic (exact) mass is 398 g/mol. The van der Waals surface area contributed by atoms with Gasteiger partial charge in [-0.15, -0.1) is 0 Å². The molecule has 1 aromatic heterocycles. The van der Waals surface area contributed by atoms with Crippen LogP contribution < -0.4 is 0 Å². The van der Waals surface area contributed by atoms with Crippen LogP contribution in [0.5, 0.6) is 0 Å². The lowest BCUT2D eigenvalue weighted by molar-refractivity contribution is -0.132. The maximum atomic E-state index is 12.8. The molecule has 28 heavy (non-hydrogen) atoms. The second-order valence-electron chi connectivity index (χ2n) is 7.54. The van der Waals surface area contributed by atoms with Gasteiger partial charge in [0.15, 0.2) is 0 Å². The summed E-state index contributed by atoms with van der Waals surface area (Å²) in [7, 11) is 0. The molecule has 0 radical (unpaired) electrons. The molecule has 146 valence electrons. The van der Waals surface area contributed by atoms with E-state index < -0.39 is 0 Å². The van der Waals surface area contributed by atoms with E-state index in [2.05, 4.69) is 16.0 Å². The van der Waals surface area contributed by atoms with Crippen molar-refractivity contribution >= 4 is 17.5 Å². The maximum absolute atomic E-state index is 12.8. The first-order valence-corrected chi connectivity index (χ1v) is 10.1. The summed E-state index contributed by atoms with van der Waals surface area (Å²) < 4.78 is 5.86. The Morgan fingerprint density at radius 2 is 2.25 bits per heavy atom. The summed E-state index contributed by atoms with van der Waals surface area (Å²) in [4.78, 5) is 21.3. The van der Waals surface area contributed by atoms with Gasteiger partial charge in [0.05, 0.1) is 18.3 Å². The van der Waals surface area contributed by atoms with Gasteiger partial charge in [-0.05, 0) is 50.8 Å². The van der Waals surface area contributed by atoms with Crippen LogP contribution in [0.25, 0.3) is 11.5 Å². The largest absolute Gasteiger partial charge is 0.441 e. The van der Waals surface area contributed by atoms with E-state index in [1.54, 1.807) is 4.90 Å².